The molecule has 0 radical (unpaired) electrons. The second-order valence-corrected chi connectivity index (χ2v) is 7.16. The van der Waals surface area contributed by atoms with Gasteiger partial charge in [-0.15, -0.1) is 0 Å². The fourth-order valence-electron chi connectivity index (χ4n) is 2.19. The molecule has 1 aromatic heterocycles. The van der Waals surface area contributed by atoms with Crippen molar-refractivity contribution in [2.45, 2.75) is 25.3 Å². The van der Waals surface area contributed by atoms with Crippen molar-refractivity contribution in [3.8, 4) is 0 Å². The molecule has 0 aliphatic carbocycles. The van der Waals surface area contributed by atoms with Crippen LogP contribution in [0, 0.1) is 13.8 Å². The summed E-state index contributed by atoms with van der Waals surface area (Å²) in [6.45, 7) is 4.56. The van der Waals surface area contributed by atoms with Crippen molar-refractivity contribution in [2.75, 3.05) is 17.3 Å². The highest BCUT2D eigenvalue weighted by molar-refractivity contribution is 7.90. The Morgan fingerprint density at radius 3 is 2.48 bits per heavy atom. The number of aromatic nitrogens is 2. The number of nitrogens with one attached hydrogen (secondary N) is 1. The van der Waals surface area contributed by atoms with Crippen molar-refractivity contribution in [1.82, 2.24) is 9.78 Å². The zero-order chi connectivity index (χ0) is 15.8. The Bertz CT molecular complexity index is 779. The minimum Gasteiger partial charge on any atom is -0.397 e. The lowest BCUT2D eigenvalue weighted by Gasteiger charge is -2.11. The van der Waals surface area contributed by atoms with Gasteiger partial charge in [0.2, 0.25) is 0 Å². The van der Waals surface area contributed by atoms with Gasteiger partial charge in [-0.2, -0.15) is 5.10 Å². The smallest absolute Gasteiger partial charge is 0.175 e. The van der Waals surface area contributed by atoms with Gasteiger partial charge in [0.25, 0.3) is 0 Å². The van der Waals surface area contributed by atoms with Crippen LogP contribution in [0.15, 0.2) is 23.1 Å². The Balaban J connectivity index is 2.21. The van der Waals surface area contributed by atoms with Crippen molar-refractivity contribution in [3.05, 3.63) is 35.2 Å². The number of nitrogens with zero attached hydrogens (tertiary/aromatic N) is 2. The number of hydrogen-bond donors (Lipinski definition) is 2. The molecule has 0 spiro atoms. The first kappa shape index (κ1) is 15.4. The van der Waals surface area contributed by atoms with Crippen LogP contribution in [0.5, 0.6) is 0 Å². The molecule has 6 nitrogen and oxygen atoms in total. The second kappa shape index (κ2) is 5.40. The van der Waals surface area contributed by atoms with Crippen LogP contribution >= 0.6 is 0 Å². The van der Waals surface area contributed by atoms with E-state index in [9.17, 15) is 8.42 Å². The number of hydrogen-bond acceptors (Lipinski definition) is 5. The topological polar surface area (TPSA) is 90.0 Å². The third-order valence-corrected chi connectivity index (χ3v) is 4.68. The molecule has 2 aromatic rings. The first-order valence-electron chi connectivity index (χ1n) is 6.52. The SMILES string of the molecule is Cc1nn(C)c(C)c1CNc1ccc(S(C)(=O)=O)cc1N. The summed E-state index contributed by atoms with van der Waals surface area (Å²) in [5, 5.41) is 7.59. The fraction of sp³-hybridized carbons (Fsp3) is 0.357. The number of nitrogens with two attached hydrogens (primary N) is 1. The molecule has 0 amide bonds. The Kier molecular flexibility index (Phi) is 3.95. The highest BCUT2D eigenvalue weighted by Crippen LogP contribution is 2.24. The van der Waals surface area contributed by atoms with Crippen LogP contribution in [0.25, 0.3) is 0 Å². The van der Waals surface area contributed by atoms with Crippen LogP contribution in [0.4, 0.5) is 11.4 Å². The van der Waals surface area contributed by atoms with Crippen LogP contribution in [0.2, 0.25) is 0 Å². The van der Waals surface area contributed by atoms with E-state index < -0.39 is 9.84 Å². The highest BCUT2D eigenvalue weighted by atomic mass is 32.2. The Morgan fingerprint density at radius 2 is 2.00 bits per heavy atom. The molecule has 0 saturated heterocycles. The van der Waals surface area contributed by atoms with Gasteiger partial charge in [-0.25, -0.2) is 8.42 Å². The Labute approximate surface area is 124 Å². The standard InChI is InChI=1S/C14H20N4O2S/c1-9-12(10(2)18(3)17-9)8-16-14-6-5-11(7-13(14)15)21(4,19)20/h5-7,16H,8,15H2,1-4H3. The van der Waals surface area contributed by atoms with E-state index in [1.54, 1.807) is 12.1 Å². The molecule has 0 fully saturated rings. The molecule has 0 atom stereocenters. The quantitative estimate of drug-likeness (QED) is 0.838. The van der Waals surface area contributed by atoms with Gasteiger partial charge in [-0.1, -0.05) is 0 Å². The average molecular weight is 308 g/mol. The van der Waals surface area contributed by atoms with Crippen LogP contribution in [-0.4, -0.2) is 24.5 Å². The number of rotatable bonds is 4. The Hall–Kier alpha value is -2.02. The third kappa shape index (κ3) is 3.18. The Morgan fingerprint density at radius 1 is 1.33 bits per heavy atom. The normalized spacial score (nSPS) is 11.6. The summed E-state index contributed by atoms with van der Waals surface area (Å²) >= 11 is 0. The maximum absolute atomic E-state index is 11.5. The molecule has 0 aliphatic rings. The molecule has 2 rings (SSSR count). The lowest BCUT2D eigenvalue weighted by molar-refractivity contribution is 0.602. The molecule has 0 aliphatic heterocycles. The molecule has 21 heavy (non-hydrogen) atoms. The minimum atomic E-state index is -3.24. The molecule has 1 heterocycles. The molecule has 1 aromatic carbocycles. The lowest BCUT2D eigenvalue weighted by atomic mass is 10.2. The number of sulfone groups is 1. The second-order valence-electron chi connectivity index (χ2n) is 5.15. The first-order valence-corrected chi connectivity index (χ1v) is 8.42. The van der Waals surface area contributed by atoms with E-state index in [1.807, 2.05) is 25.6 Å². The molecular weight excluding hydrogens is 288 g/mol. The van der Waals surface area contributed by atoms with Crippen LogP contribution in [0.1, 0.15) is 17.0 Å². The van der Waals surface area contributed by atoms with Crippen molar-refractivity contribution in [3.63, 3.8) is 0 Å². The van der Waals surface area contributed by atoms with Gasteiger partial charge in [0.05, 0.1) is 22.0 Å². The van der Waals surface area contributed by atoms with Crippen molar-refractivity contribution < 1.29 is 8.42 Å². The minimum absolute atomic E-state index is 0.222. The average Bonchev–Trinajstić information content (AvgIpc) is 2.61. The first-order chi connectivity index (χ1) is 9.70. The molecule has 3 N–H and O–H groups in total. The van der Waals surface area contributed by atoms with Crippen molar-refractivity contribution >= 4 is 21.2 Å². The van der Waals surface area contributed by atoms with Gasteiger partial charge in [0, 0.05) is 31.1 Å². The summed E-state index contributed by atoms with van der Waals surface area (Å²) in [6.07, 6.45) is 1.16. The van der Waals surface area contributed by atoms with E-state index in [-0.39, 0.29) is 4.90 Å². The maximum Gasteiger partial charge on any atom is 0.175 e. The monoisotopic (exact) mass is 308 g/mol. The van der Waals surface area contributed by atoms with Crippen LogP contribution in [0.3, 0.4) is 0 Å². The molecule has 7 heteroatoms. The van der Waals surface area contributed by atoms with E-state index in [0.29, 0.717) is 17.9 Å². The number of aryl methyl sites for hydroxylation is 2. The van der Waals surface area contributed by atoms with E-state index in [2.05, 4.69) is 10.4 Å². The van der Waals surface area contributed by atoms with Gasteiger partial charge < -0.3 is 11.1 Å². The van der Waals surface area contributed by atoms with E-state index in [0.717, 1.165) is 23.2 Å². The van der Waals surface area contributed by atoms with Crippen LogP contribution in [-0.2, 0) is 23.4 Å². The predicted octanol–water partition coefficient (Wildman–Crippen LogP) is 1.63. The molecule has 0 unspecified atom stereocenters. The number of anilines is 2. The molecule has 0 bridgehead atoms. The van der Waals surface area contributed by atoms with E-state index >= 15 is 0 Å². The van der Waals surface area contributed by atoms with Gasteiger partial charge >= 0.3 is 0 Å². The van der Waals surface area contributed by atoms with Gasteiger partial charge in [0.15, 0.2) is 9.84 Å². The highest BCUT2D eigenvalue weighted by Gasteiger charge is 2.12. The summed E-state index contributed by atoms with van der Waals surface area (Å²) in [7, 11) is -1.34. The van der Waals surface area contributed by atoms with Gasteiger partial charge in [0.1, 0.15) is 0 Å². The van der Waals surface area contributed by atoms with Gasteiger partial charge in [-0.05, 0) is 32.0 Å². The lowest BCUT2D eigenvalue weighted by Crippen LogP contribution is -2.06. The summed E-state index contributed by atoms with van der Waals surface area (Å²) in [6, 6.07) is 4.71. The number of benzene rings is 1. The molecule has 0 saturated carbocycles. The third-order valence-electron chi connectivity index (χ3n) is 3.57. The fourth-order valence-corrected chi connectivity index (χ4v) is 2.85. The molecular formula is C14H20N4O2S. The zero-order valence-electron chi connectivity index (χ0n) is 12.6. The van der Waals surface area contributed by atoms with Crippen molar-refractivity contribution in [1.29, 1.82) is 0 Å². The van der Waals surface area contributed by atoms with Crippen LogP contribution < -0.4 is 11.1 Å². The van der Waals surface area contributed by atoms with Gasteiger partial charge in [-0.3, -0.25) is 4.68 Å². The van der Waals surface area contributed by atoms with E-state index in [1.165, 1.54) is 6.07 Å². The summed E-state index contributed by atoms with van der Waals surface area (Å²) in [5.74, 6) is 0. The molecule has 114 valence electrons. The summed E-state index contributed by atoms with van der Waals surface area (Å²) in [4.78, 5) is 0.222. The summed E-state index contributed by atoms with van der Waals surface area (Å²) in [5.41, 5.74) is 10.2. The summed E-state index contributed by atoms with van der Waals surface area (Å²) < 4.78 is 24.8. The predicted molar refractivity (Wildman–Crippen MR) is 84.0 cm³/mol. The number of nitrogen functional groups attached to an aromatic ring is 1. The maximum atomic E-state index is 11.5. The zero-order valence-corrected chi connectivity index (χ0v) is 13.5. The van der Waals surface area contributed by atoms with Crippen molar-refractivity contribution in [2.24, 2.45) is 7.05 Å². The van der Waals surface area contributed by atoms with E-state index in [4.69, 9.17) is 5.73 Å². The largest absolute Gasteiger partial charge is 0.397 e.